The molecule has 1 saturated heterocycles. The van der Waals surface area contributed by atoms with E-state index in [1.54, 1.807) is 29.0 Å². The summed E-state index contributed by atoms with van der Waals surface area (Å²) in [5.41, 5.74) is -0.829. The molecule has 0 aromatic carbocycles. The molecule has 1 aromatic heterocycles. The van der Waals surface area contributed by atoms with E-state index in [1.165, 1.54) is 7.11 Å². The van der Waals surface area contributed by atoms with Crippen LogP contribution in [0.4, 0.5) is 0 Å². The van der Waals surface area contributed by atoms with Crippen LogP contribution in [0, 0.1) is 0 Å². The number of methoxy groups -OCH3 is 1. The molecule has 2 rings (SSSR count). The summed E-state index contributed by atoms with van der Waals surface area (Å²) in [6.45, 7) is 6.13. The predicted octanol–water partition coefficient (Wildman–Crippen LogP) is 1.31. The van der Waals surface area contributed by atoms with Gasteiger partial charge in [0, 0.05) is 26.9 Å². The first-order chi connectivity index (χ1) is 11.2. The summed E-state index contributed by atoms with van der Waals surface area (Å²) in [7, 11) is 3.34. The third kappa shape index (κ3) is 3.95. The van der Waals surface area contributed by atoms with Crippen molar-refractivity contribution < 1.29 is 19.1 Å². The second kappa shape index (κ2) is 6.93. The number of amides is 1. The summed E-state index contributed by atoms with van der Waals surface area (Å²) < 4.78 is 12.5. The molecule has 0 spiro atoms. The highest BCUT2D eigenvalue weighted by Gasteiger charge is 2.51. The summed E-state index contributed by atoms with van der Waals surface area (Å²) in [4.78, 5) is 27.3. The minimum atomic E-state index is -1.04. The number of nitrogens with zero attached hydrogens (tertiary/aromatic N) is 3. The molecule has 1 unspecified atom stereocenters. The van der Waals surface area contributed by atoms with Gasteiger partial charge in [-0.25, -0.2) is 4.79 Å². The number of aryl methyl sites for hydroxylation is 1. The van der Waals surface area contributed by atoms with Crippen LogP contribution in [0.2, 0.25) is 0 Å². The zero-order chi connectivity index (χ0) is 18.0. The number of hydrogen-bond acceptors (Lipinski definition) is 5. The third-order valence-electron chi connectivity index (χ3n) is 4.07. The summed E-state index contributed by atoms with van der Waals surface area (Å²) in [6.07, 6.45) is 4.98. The summed E-state index contributed by atoms with van der Waals surface area (Å²) in [6, 6.07) is 0. The molecule has 0 bridgehead atoms. The molecule has 1 aliphatic rings. The first-order valence-electron chi connectivity index (χ1n) is 8.18. The van der Waals surface area contributed by atoms with Crippen LogP contribution in [-0.4, -0.2) is 58.0 Å². The second-order valence-electron chi connectivity index (χ2n) is 7.31. The van der Waals surface area contributed by atoms with Gasteiger partial charge in [0.1, 0.15) is 5.60 Å². The fraction of sp³-hybridized carbons (Fsp3) is 0.706. The van der Waals surface area contributed by atoms with E-state index in [0.29, 0.717) is 13.0 Å². The van der Waals surface area contributed by atoms with Crippen molar-refractivity contribution >= 4 is 11.9 Å². The van der Waals surface area contributed by atoms with Gasteiger partial charge in [-0.05, 0) is 39.2 Å². The number of likely N-dealkylation sites (tertiary alicyclic amines) is 1. The molecule has 2 heterocycles. The number of rotatable bonds is 5. The maximum absolute atomic E-state index is 12.8. The Morgan fingerprint density at radius 3 is 2.62 bits per heavy atom. The van der Waals surface area contributed by atoms with Crippen LogP contribution >= 0.6 is 0 Å². The van der Waals surface area contributed by atoms with Crippen LogP contribution in [0.15, 0.2) is 12.4 Å². The predicted molar refractivity (Wildman–Crippen MR) is 88.3 cm³/mol. The number of aromatic nitrogens is 2. The van der Waals surface area contributed by atoms with Gasteiger partial charge in [-0.1, -0.05) is 0 Å². The lowest BCUT2D eigenvalue weighted by Gasteiger charge is -2.37. The summed E-state index contributed by atoms with van der Waals surface area (Å²) >= 11 is 0. The van der Waals surface area contributed by atoms with Gasteiger partial charge in [0.25, 0.3) is 0 Å². The first-order valence-corrected chi connectivity index (χ1v) is 8.18. The van der Waals surface area contributed by atoms with E-state index in [1.807, 2.05) is 20.8 Å². The van der Waals surface area contributed by atoms with Crippen LogP contribution in [0.1, 0.15) is 39.2 Å². The normalized spacial score (nSPS) is 21.1. The summed E-state index contributed by atoms with van der Waals surface area (Å²) in [5, 5.41) is 4.08. The molecular formula is C17H27N3O4. The highest BCUT2D eigenvalue weighted by atomic mass is 16.6. The largest absolute Gasteiger partial charge is 0.458 e. The molecule has 0 saturated carbocycles. The zero-order valence-corrected chi connectivity index (χ0v) is 15.2. The molecule has 24 heavy (non-hydrogen) atoms. The van der Waals surface area contributed by atoms with Crippen molar-refractivity contribution in [1.29, 1.82) is 0 Å². The van der Waals surface area contributed by atoms with Crippen molar-refractivity contribution in [2.75, 3.05) is 20.3 Å². The molecule has 0 N–H and O–H groups in total. The van der Waals surface area contributed by atoms with Gasteiger partial charge < -0.3 is 14.4 Å². The maximum Gasteiger partial charge on any atom is 0.335 e. The molecule has 1 atom stereocenters. The van der Waals surface area contributed by atoms with E-state index in [-0.39, 0.29) is 18.9 Å². The lowest BCUT2D eigenvalue weighted by Crippen LogP contribution is -2.58. The molecule has 1 amide bonds. The van der Waals surface area contributed by atoms with Crippen molar-refractivity contribution in [3.05, 3.63) is 18.0 Å². The molecular weight excluding hydrogens is 310 g/mol. The van der Waals surface area contributed by atoms with Gasteiger partial charge >= 0.3 is 5.97 Å². The Morgan fingerprint density at radius 1 is 1.38 bits per heavy atom. The molecule has 7 heteroatoms. The van der Waals surface area contributed by atoms with Crippen LogP contribution in [0.3, 0.4) is 0 Å². The molecule has 1 aliphatic heterocycles. The number of carbonyl (C=O) groups is 2. The second-order valence-corrected chi connectivity index (χ2v) is 7.31. The lowest BCUT2D eigenvalue weighted by molar-refractivity contribution is -0.175. The number of hydrogen-bond donors (Lipinski definition) is 0. The molecule has 1 aromatic rings. The zero-order valence-electron chi connectivity index (χ0n) is 15.2. The van der Waals surface area contributed by atoms with Crippen LogP contribution < -0.4 is 0 Å². The van der Waals surface area contributed by atoms with Crippen molar-refractivity contribution in [2.24, 2.45) is 7.05 Å². The van der Waals surface area contributed by atoms with E-state index in [2.05, 4.69) is 5.10 Å². The molecule has 0 aliphatic carbocycles. The fourth-order valence-electron chi connectivity index (χ4n) is 3.11. The smallest absolute Gasteiger partial charge is 0.335 e. The fourth-order valence-corrected chi connectivity index (χ4v) is 3.11. The Kier molecular flexibility index (Phi) is 5.32. The van der Waals surface area contributed by atoms with Gasteiger partial charge in [-0.3, -0.25) is 9.48 Å². The van der Waals surface area contributed by atoms with Crippen LogP contribution in [-0.2, 0) is 32.5 Å². The molecule has 1 fully saturated rings. The van der Waals surface area contributed by atoms with E-state index in [9.17, 15) is 9.59 Å². The van der Waals surface area contributed by atoms with E-state index in [0.717, 1.165) is 12.0 Å². The van der Waals surface area contributed by atoms with Crippen LogP contribution in [0.5, 0.6) is 0 Å². The Hall–Kier alpha value is -1.89. The maximum atomic E-state index is 12.8. The molecule has 134 valence electrons. The standard InChI is InChI=1S/C17H27N3O4/c1-16(2,3)24-15(22)17(12-23-5)7-6-8-20(17)14(21)9-13-10-18-19(4)11-13/h10-11H,6-9,12H2,1-5H3. The van der Waals surface area contributed by atoms with Crippen LogP contribution in [0.25, 0.3) is 0 Å². The monoisotopic (exact) mass is 337 g/mol. The van der Waals surface area contributed by atoms with Crippen molar-refractivity contribution in [2.45, 2.75) is 51.2 Å². The number of carbonyl (C=O) groups excluding carboxylic acids is 2. The average Bonchev–Trinajstić information content (AvgIpc) is 3.04. The summed E-state index contributed by atoms with van der Waals surface area (Å²) in [5.74, 6) is -0.503. The number of esters is 1. The van der Waals surface area contributed by atoms with Crippen molar-refractivity contribution in [3.8, 4) is 0 Å². The number of ether oxygens (including phenoxy) is 2. The minimum absolute atomic E-state index is 0.108. The topological polar surface area (TPSA) is 73.7 Å². The van der Waals surface area contributed by atoms with Gasteiger partial charge in [0.05, 0.1) is 19.2 Å². The Bertz CT molecular complexity index is 605. The Labute approximate surface area is 142 Å². The van der Waals surface area contributed by atoms with Crippen molar-refractivity contribution in [1.82, 2.24) is 14.7 Å². The van der Waals surface area contributed by atoms with Gasteiger partial charge in [0.15, 0.2) is 5.54 Å². The van der Waals surface area contributed by atoms with E-state index < -0.39 is 17.1 Å². The highest BCUT2D eigenvalue weighted by molar-refractivity contribution is 5.90. The lowest BCUT2D eigenvalue weighted by atomic mass is 9.96. The van der Waals surface area contributed by atoms with Gasteiger partial charge in [-0.15, -0.1) is 0 Å². The quantitative estimate of drug-likeness (QED) is 0.758. The third-order valence-corrected chi connectivity index (χ3v) is 4.07. The first kappa shape index (κ1) is 18.4. The van der Waals surface area contributed by atoms with Crippen molar-refractivity contribution in [3.63, 3.8) is 0 Å². The van der Waals surface area contributed by atoms with E-state index in [4.69, 9.17) is 9.47 Å². The van der Waals surface area contributed by atoms with E-state index >= 15 is 0 Å². The Balaban J connectivity index is 2.22. The minimum Gasteiger partial charge on any atom is -0.458 e. The molecule has 0 radical (unpaired) electrons. The Morgan fingerprint density at radius 2 is 2.08 bits per heavy atom. The highest BCUT2D eigenvalue weighted by Crippen LogP contribution is 2.33. The average molecular weight is 337 g/mol. The molecule has 7 nitrogen and oxygen atoms in total. The van der Waals surface area contributed by atoms with Gasteiger partial charge in [0.2, 0.25) is 5.91 Å². The van der Waals surface area contributed by atoms with Gasteiger partial charge in [-0.2, -0.15) is 5.10 Å². The SMILES string of the molecule is COCC1(C(=O)OC(C)(C)C)CCCN1C(=O)Cc1cnn(C)c1.